The SMILES string of the molecule is CCc1cc(CNCC2CCC(=O)N2)n(C)n1. The van der Waals surface area contributed by atoms with Gasteiger partial charge in [-0.3, -0.25) is 9.48 Å². The number of carbonyl (C=O) groups is 1. The highest BCUT2D eigenvalue weighted by atomic mass is 16.1. The van der Waals surface area contributed by atoms with Crippen LogP contribution in [0.25, 0.3) is 0 Å². The summed E-state index contributed by atoms with van der Waals surface area (Å²) in [6.07, 6.45) is 2.57. The summed E-state index contributed by atoms with van der Waals surface area (Å²) in [5.74, 6) is 0.172. The van der Waals surface area contributed by atoms with Crippen molar-refractivity contribution in [2.24, 2.45) is 7.05 Å². The first-order valence-electron chi connectivity index (χ1n) is 6.21. The summed E-state index contributed by atoms with van der Waals surface area (Å²) >= 11 is 0. The van der Waals surface area contributed by atoms with Gasteiger partial charge in [-0.1, -0.05) is 6.92 Å². The van der Waals surface area contributed by atoms with E-state index in [1.807, 2.05) is 11.7 Å². The van der Waals surface area contributed by atoms with Gasteiger partial charge in [-0.05, 0) is 18.9 Å². The van der Waals surface area contributed by atoms with Crippen molar-refractivity contribution in [3.05, 3.63) is 17.5 Å². The Kier molecular flexibility index (Phi) is 3.78. The van der Waals surface area contributed by atoms with Crippen LogP contribution in [0.15, 0.2) is 6.07 Å². The molecule has 17 heavy (non-hydrogen) atoms. The van der Waals surface area contributed by atoms with Gasteiger partial charge in [0.15, 0.2) is 0 Å². The minimum absolute atomic E-state index is 0.172. The van der Waals surface area contributed by atoms with E-state index in [1.165, 1.54) is 5.69 Å². The normalized spacial score (nSPS) is 19.6. The average Bonchev–Trinajstić information content (AvgIpc) is 2.86. The lowest BCUT2D eigenvalue weighted by molar-refractivity contribution is -0.119. The van der Waals surface area contributed by atoms with Crippen molar-refractivity contribution in [1.29, 1.82) is 0 Å². The fourth-order valence-corrected chi connectivity index (χ4v) is 2.11. The summed E-state index contributed by atoms with van der Waals surface area (Å²) in [4.78, 5) is 11.0. The quantitative estimate of drug-likeness (QED) is 0.775. The summed E-state index contributed by atoms with van der Waals surface area (Å²) in [7, 11) is 1.97. The molecule has 2 N–H and O–H groups in total. The second-order valence-corrected chi connectivity index (χ2v) is 4.54. The van der Waals surface area contributed by atoms with E-state index in [-0.39, 0.29) is 5.91 Å². The van der Waals surface area contributed by atoms with Gasteiger partial charge in [-0.25, -0.2) is 0 Å². The maximum Gasteiger partial charge on any atom is 0.220 e. The van der Waals surface area contributed by atoms with Gasteiger partial charge < -0.3 is 10.6 Å². The highest BCUT2D eigenvalue weighted by Crippen LogP contribution is 2.06. The van der Waals surface area contributed by atoms with Crippen molar-refractivity contribution < 1.29 is 4.79 Å². The van der Waals surface area contributed by atoms with Crippen molar-refractivity contribution in [3.8, 4) is 0 Å². The molecule has 1 aromatic heterocycles. The van der Waals surface area contributed by atoms with Crippen LogP contribution in [-0.4, -0.2) is 28.3 Å². The highest BCUT2D eigenvalue weighted by Gasteiger charge is 2.19. The zero-order valence-corrected chi connectivity index (χ0v) is 10.5. The van der Waals surface area contributed by atoms with Crippen molar-refractivity contribution in [2.75, 3.05) is 6.54 Å². The van der Waals surface area contributed by atoms with Crippen LogP contribution in [0.4, 0.5) is 0 Å². The average molecular weight is 236 g/mol. The number of amides is 1. The Balaban J connectivity index is 1.77. The Morgan fingerprint density at radius 2 is 2.47 bits per heavy atom. The lowest BCUT2D eigenvalue weighted by Crippen LogP contribution is -2.35. The summed E-state index contributed by atoms with van der Waals surface area (Å²) in [6.45, 7) is 3.74. The number of aryl methyl sites for hydroxylation is 2. The fourth-order valence-electron chi connectivity index (χ4n) is 2.11. The number of carbonyl (C=O) groups excluding carboxylic acids is 1. The molecule has 5 heteroatoms. The van der Waals surface area contributed by atoms with Gasteiger partial charge in [0.1, 0.15) is 0 Å². The zero-order valence-electron chi connectivity index (χ0n) is 10.5. The molecule has 0 saturated carbocycles. The predicted octanol–water partition coefficient (Wildman–Crippen LogP) is 0.351. The minimum Gasteiger partial charge on any atom is -0.352 e. The molecule has 1 fully saturated rings. The Bertz CT molecular complexity index is 399. The number of aromatic nitrogens is 2. The molecule has 94 valence electrons. The fraction of sp³-hybridized carbons (Fsp3) is 0.667. The number of hydrogen-bond donors (Lipinski definition) is 2. The summed E-state index contributed by atoms with van der Waals surface area (Å²) < 4.78 is 1.92. The third kappa shape index (κ3) is 3.06. The van der Waals surface area contributed by atoms with Gasteiger partial charge in [0.2, 0.25) is 5.91 Å². The maximum absolute atomic E-state index is 11.0. The van der Waals surface area contributed by atoms with Crippen LogP contribution in [0.5, 0.6) is 0 Å². The molecule has 1 saturated heterocycles. The number of nitrogens with zero attached hydrogens (tertiary/aromatic N) is 2. The maximum atomic E-state index is 11.0. The molecule has 1 amide bonds. The minimum atomic E-state index is 0.172. The topological polar surface area (TPSA) is 59.0 Å². The van der Waals surface area contributed by atoms with E-state index in [0.29, 0.717) is 12.5 Å². The third-order valence-corrected chi connectivity index (χ3v) is 3.17. The molecule has 2 rings (SSSR count). The van der Waals surface area contributed by atoms with Crippen LogP contribution in [0, 0.1) is 0 Å². The molecule has 5 nitrogen and oxygen atoms in total. The molecular formula is C12H20N4O. The Labute approximate surface area is 102 Å². The van der Waals surface area contributed by atoms with E-state index in [9.17, 15) is 4.79 Å². The third-order valence-electron chi connectivity index (χ3n) is 3.17. The van der Waals surface area contributed by atoms with Crippen LogP contribution in [0.2, 0.25) is 0 Å². The first kappa shape index (κ1) is 12.1. The molecular weight excluding hydrogens is 216 g/mol. The molecule has 1 atom stereocenters. The van der Waals surface area contributed by atoms with Gasteiger partial charge in [0.25, 0.3) is 0 Å². The van der Waals surface area contributed by atoms with Crippen molar-refractivity contribution in [2.45, 2.75) is 38.8 Å². The number of nitrogens with one attached hydrogen (secondary N) is 2. The van der Waals surface area contributed by atoms with E-state index in [1.54, 1.807) is 0 Å². The van der Waals surface area contributed by atoms with Crippen LogP contribution < -0.4 is 10.6 Å². The van der Waals surface area contributed by atoms with Crippen LogP contribution in [-0.2, 0) is 24.8 Å². The molecule has 1 unspecified atom stereocenters. The number of rotatable bonds is 5. The molecule has 0 aromatic carbocycles. The van der Waals surface area contributed by atoms with Crippen molar-refractivity contribution in [3.63, 3.8) is 0 Å². The van der Waals surface area contributed by atoms with Gasteiger partial charge in [0, 0.05) is 32.6 Å². The molecule has 1 aliphatic rings. The lowest BCUT2D eigenvalue weighted by Gasteiger charge is -2.11. The van der Waals surface area contributed by atoms with Crippen molar-refractivity contribution >= 4 is 5.91 Å². The van der Waals surface area contributed by atoms with E-state index < -0.39 is 0 Å². The Morgan fingerprint density at radius 1 is 1.65 bits per heavy atom. The van der Waals surface area contributed by atoms with Gasteiger partial charge in [0.05, 0.1) is 11.4 Å². The smallest absolute Gasteiger partial charge is 0.220 e. The zero-order chi connectivity index (χ0) is 12.3. The Hall–Kier alpha value is -1.36. The van der Waals surface area contributed by atoms with E-state index in [4.69, 9.17) is 0 Å². The molecule has 1 aromatic rings. The molecule has 0 bridgehead atoms. The summed E-state index contributed by atoms with van der Waals surface area (Å²) in [5, 5.41) is 10.7. The lowest BCUT2D eigenvalue weighted by atomic mass is 10.2. The summed E-state index contributed by atoms with van der Waals surface area (Å²) in [5.41, 5.74) is 2.31. The first-order valence-corrected chi connectivity index (χ1v) is 6.21. The van der Waals surface area contributed by atoms with Crippen LogP contribution in [0.3, 0.4) is 0 Å². The second-order valence-electron chi connectivity index (χ2n) is 4.54. The predicted molar refractivity (Wildman–Crippen MR) is 65.5 cm³/mol. The van der Waals surface area contributed by atoms with Gasteiger partial charge in [-0.2, -0.15) is 5.10 Å². The second kappa shape index (κ2) is 5.31. The number of hydrogen-bond acceptors (Lipinski definition) is 3. The molecule has 1 aliphatic heterocycles. The van der Waals surface area contributed by atoms with Crippen molar-refractivity contribution in [1.82, 2.24) is 20.4 Å². The van der Waals surface area contributed by atoms with Gasteiger partial charge in [-0.15, -0.1) is 0 Å². The van der Waals surface area contributed by atoms with Crippen LogP contribution >= 0.6 is 0 Å². The molecule has 0 aliphatic carbocycles. The largest absolute Gasteiger partial charge is 0.352 e. The van der Waals surface area contributed by atoms with Crippen LogP contribution in [0.1, 0.15) is 31.2 Å². The van der Waals surface area contributed by atoms with Gasteiger partial charge >= 0.3 is 0 Å². The van der Waals surface area contributed by atoms with E-state index >= 15 is 0 Å². The summed E-state index contributed by atoms with van der Waals surface area (Å²) in [6, 6.07) is 2.42. The molecule has 2 heterocycles. The molecule has 0 radical (unpaired) electrons. The standard InChI is InChI=1S/C12H20N4O/c1-3-9-6-11(16(2)15-9)8-13-7-10-4-5-12(17)14-10/h6,10,13H,3-5,7-8H2,1-2H3,(H,14,17). The Morgan fingerprint density at radius 3 is 3.06 bits per heavy atom. The monoisotopic (exact) mass is 236 g/mol. The highest BCUT2D eigenvalue weighted by molar-refractivity contribution is 5.78. The molecule has 0 spiro atoms. The van der Waals surface area contributed by atoms with E-state index in [0.717, 1.165) is 31.6 Å². The van der Waals surface area contributed by atoms with E-state index in [2.05, 4.69) is 28.7 Å². The first-order chi connectivity index (χ1) is 8.19.